The minimum atomic E-state index is -0.794. The third-order valence-electron chi connectivity index (χ3n) is 4.69. The molecule has 4 atom stereocenters. The van der Waals surface area contributed by atoms with Gasteiger partial charge in [-0.2, -0.15) is 0 Å². The average molecular weight is 366 g/mol. The zero-order valence-corrected chi connectivity index (χ0v) is 15.2. The van der Waals surface area contributed by atoms with Crippen LogP contribution in [0.25, 0.3) is 0 Å². The fourth-order valence-electron chi connectivity index (χ4n) is 3.41. The Labute approximate surface area is 147 Å². The summed E-state index contributed by atoms with van der Waals surface area (Å²) in [7, 11) is 0. The number of amides is 2. The Hall–Kier alpha value is -0.520. The first-order chi connectivity index (χ1) is 10.8. The molecule has 1 aliphatic carbocycles. The molecule has 0 radical (unpaired) electrons. The Morgan fingerprint density at radius 3 is 2.74 bits per heavy atom. The van der Waals surface area contributed by atoms with Crippen molar-refractivity contribution in [3.63, 3.8) is 0 Å². The first-order valence-corrected chi connectivity index (χ1v) is 9.13. The summed E-state index contributed by atoms with van der Waals surface area (Å²) in [5, 5.41) is 2.10. The van der Waals surface area contributed by atoms with Gasteiger partial charge < -0.3 is 9.47 Å². The monoisotopic (exact) mass is 365 g/mol. The van der Waals surface area contributed by atoms with E-state index in [1.165, 1.54) is 13.3 Å². The van der Waals surface area contributed by atoms with E-state index in [1.54, 1.807) is 0 Å². The summed E-state index contributed by atoms with van der Waals surface area (Å²) in [4.78, 5) is 21.9. The van der Waals surface area contributed by atoms with Gasteiger partial charge in [-0.3, -0.25) is 10.1 Å². The van der Waals surface area contributed by atoms with Crippen LogP contribution in [0.1, 0.15) is 65.2 Å². The maximum absolute atomic E-state index is 11.6. The molecule has 1 unspecified atom stereocenters. The van der Waals surface area contributed by atoms with Crippen molar-refractivity contribution in [1.29, 1.82) is 0 Å². The highest BCUT2D eigenvalue weighted by molar-refractivity contribution is 6.27. The number of imide groups is 1. The zero-order valence-electron chi connectivity index (χ0n) is 13.7. The third-order valence-corrected chi connectivity index (χ3v) is 5.73. The van der Waals surface area contributed by atoms with E-state index in [-0.39, 0.29) is 5.38 Å². The number of epoxide rings is 1. The summed E-state index contributed by atoms with van der Waals surface area (Å²) in [6.07, 6.45) is 5.81. The molecule has 5 nitrogen and oxygen atoms in total. The molecule has 132 valence electrons. The lowest BCUT2D eigenvalue weighted by Crippen LogP contribution is -2.48. The van der Waals surface area contributed by atoms with Crippen molar-refractivity contribution in [2.75, 3.05) is 0 Å². The second-order valence-electron chi connectivity index (χ2n) is 6.54. The highest BCUT2D eigenvalue weighted by Crippen LogP contribution is 2.60. The molecule has 0 aromatic heterocycles. The molecule has 0 bridgehead atoms. The van der Waals surface area contributed by atoms with Crippen LogP contribution in [0, 0.1) is 0 Å². The van der Waals surface area contributed by atoms with Gasteiger partial charge in [-0.15, -0.1) is 23.2 Å². The Morgan fingerprint density at radius 1 is 1.35 bits per heavy atom. The van der Waals surface area contributed by atoms with Crippen LogP contribution < -0.4 is 5.32 Å². The van der Waals surface area contributed by atoms with Crippen molar-refractivity contribution >= 4 is 35.2 Å². The van der Waals surface area contributed by atoms with E-state index < -0.39 is 28.8 Å². The minimum Gasteiger partial charge on any atom is -0.416 e. The lowest BCUT2D eigenvalue weighted by molar-refractivity contribution is -0.118. The second-order valence-corrected chi connectivity index (χ2v) is 7.88. The predicted molar refractivity (Wildman–Crippen MR) is 88.7 cm³/mol. The van der Waals surface area contributed by atoms with Crippen LogP contribution in [0.2, 0.25) is 0 Å². The van der Waals surface area contributed by atoms with Crippen LogP contribution >= 0.6 is 23.2 Å². The number of hydrogen-bond donors (Lipinski definition) is 1. The summed E-state index contributed by atoms with van der Waals surface area (Å²) in [5.74, 6) is -0.467. The number of alkyl carbamates (subject to hydrolysis) is 1. The summed E-state index contributed by atoms with van der Waals surface area (Å²) in [5.41, 5.74) is -0.666. The van der Waals surface area contributed by atoms with Gasteiger partial charge in [0.1, 0.15) is 0 Å². The van der Waals surface area contributed by atoms with Gasteiger partial charge in [0.25, 0.3) is 0 Å². The van der Waals surface area contributed by atoms with Crippen LogP contribution in [-0.2, 0) is 14.3 Å². The van der Waals surface area contributed by atoms with Crippen molar-refractivity contribution in [1.82, 2.24) is 5.32 Å². The average Bonchev–Trinajstić information content (AvgIpc) is 3.13. The topological polar surface area (TPSA) is 67.9 Å². The number of halogens is 2. The van der Waals surface area contributed by atoms with Crippen molar-refractivity contribution in [3.05, 3.63) is 0 Å². The number of alkyl halides is 2. The van der Waals surface area contributed by atoms with Crippen LogP contribution in [0.5, 0.6) is 0 Å². The van der Waals surface area contributed by atoms with Gasteiger partial charge in [-0.25, -0.2) is 4.79 Å². The SMILES string of the molecule is CCCCCC[C@@]1(Cl)C[C@@H](Cl)CC[C@@]12OC2OC(=O)NC(C)=O. The van der Waals surface area contributed by atoms with Crippen LogP contribution in [-0.4, -0.2) is 34.1 Å². The number of hydrogen-bond acceptors (Lipinski definition) is 4. The molecule has 1 saturated heterocycles. The second kappa shape index (κ2) is 7.58. The lowest BCUT2D eigenvalue weighted by Gasteiger charge is -2.39. The molecule has 1 saturated carbocycles. The number of nitrogens with one attached hydrogen (secondary N) is 1. The molecule has 23 heavy (non-hydrogen) atoms. The molecule has 1 aliphatic heterocycles. The Balaban J connectivity index is 1.97. The van der Waals surface area contributed by atoms with Crippen molar-refractivity contribution < 1.29 is 19.1 Å². The molecular formula is C16H25Cl2NO4. The molecule has 0 aromatic rings. The molecule has 7 heteroatoms. The van der Waals surface area contributed by atoms with E-state index >= 15 is 0 Å². The smallest absolute Gasteiger partial charge is 0.416 e. The standard InChI is InChI=1S/C16H25Cl2NO4/c1-3-4-5-6-8-15(18)10-12(17)7-9-16(15)13(23-16)22-14(21)19-11(2)20/h12-13H,3-10H2,1-2H3,(H,19,20,21)/t12-,13?,15+,16-/m0/s1. The zero-order chi connectivity index (χ0) is 17.1. The van der Waals surface area contributed by atoms with Gasteiger partial charge in [0, 0.05) is 12.3 Å². The van der Waals surface area contributed by atoms with Gasteiger partial charge in [0.05, 0.1) is 4.87 Å². The number of carbonyl (C=O) groups excluding carboxylic acids is 2. The molecule has 2 rings (SSSR count). The largest absolute Gasteiger partial charge is 0.416 e. The predicted octanol–water partition coefficient (Wildman–Crippen LogP) is 4.09. The Morgan fingerprint density at radius 2 is 2.09 bits per heavy atom. The van der Waals surface area contributed by atoms with Gasteiger partial charge in [-0.05, 0) is 25.7 Å². The maximum Gasteiger partial charge on any atom is 0.416 e. The number of rotatable bonds is 6. The Bertz CT molecular complexity index is 461. The van der Waals surface area contributed by atoms with Gasteiger partial charge in [0.2, 0.25) is 12.2 Å². The Kier molecular flexibility index (Phi) is 6.20. The van der Waals surface area contributed by atoms with E-state index in [1.807, 2.05) is 0 Å². The van der Waals surface area contributed by atoms with Gasteiger partial charge >= 0.3 is 6.09 Å². The maximum atomic E-state index is 11.6. The molecule has 2 amide bonds. The third kappa shape index (κ3) is 4.31. The quantitative estimate of drug-likeness (QED) is 0.437. The van der Waals surface area contributed by atoms with Gasteiger partial charge in [0.15, 0.2) is 5.60 Å². The number of carbonyl (C=O) groups is 2. The summed E-state index contributed by atoms with van der Waals surface area (Å²) >= 11 is 13.2. The molecule has 2 aliphatic rings. The number of unbranched alkanes of at least 4 members (excludes halogenated alkanes) is 3. The van der Waals surface area contributed by atoms with Crippen molar-refractivity contribution in [3.8, 4) is 0 Å². The van der Waals surface area contributed by atoms with E-state index in [2.05, 4.69) is 12.2 Å². The van der Waals surface area contributed by atoms with Crippen molar-refractivity contribution in [2.24, 2.45) is 0 Å². The highest BCUT2D eigenvalue weighted by atomic mass is 35.5. The molecule has 1 heterocycles. The highest BCUT2D eigenvalue weighted by Gasteiger charge is 2.72. The summed E-state index contributed by atoms with van der Waals surface area (Å²) in [6.45, 7) is 3.41. The first-order valence-electron chi connectivity index (χ1n) is 8.32. The molecule has 0 aromatic carbocycles. The van der Waals surface area contributed by atoms with E-state index in [0.717, 1.165) is 32.1 Å². The molecule has 2 fully saturated rings. The van der Waals surface area contributed by atoms with Crippen molar-refractivity contribution in [2.45, 2.75) is 87.4 Å². The van der Waals surface area contributed by atoms with Gasteiger partial charge in [-0.1, -0.05) is 32.6 Å². The fraction of sp³-hybridized carbons (Fsp3) is 0.875. The van der Waals surface area contributed by atoms with E-state index in [0.29, 0.717) is 12.8 Å². The summed E-state index contributed by atoms with van der Waals surface area (Å²) < 4.78 is 10.9. The molecular weight excluding hydrogens is 341 g/mol. The molecule has 1 N–H and O–H groups in total. The first kappa shape index (κ1) is 18.8. The summed E-state index contributed by atoms with van der Waals surface area (Å²) in [6, 6.07) is 0. The van der Waals surface area contributed by atoms with E-state index in [4.69, 9.17) is 32.7 Å². The van der Waals surface area contributed by atoms with Crippen LogP contribution in [0.15, 0.2) is 0 Å². The van der Waals surface area contributed by atoms with Crippen LogP contribution in [0.3, 0.4) is 0 Å². The lowest BCUT2D eigenvalue weighted by atomic mass is 9.75. The molecule has 1 spiro atoms. The fourth-order valence-corrected chi connectivity index (χ4v) is 4.41. The van der Waals surface area contributed by atoms with Crippen LogP contribution in [0.4, 0.5) is 4.79 Å². The normalized spacial score (nSPS) is 35.8. The van der Waals surface area contributed by atoms with E-state index in [9.17, 15) is 9.59 Å². The minimum absolute atomic E-state index is 0.0141. The number of ether oxygens (including phenoxy) is 2.